The van der Waals surface area contributed by atoms with E-state index in [1.165, 1.54) is 0 Å². The first-order valence-electron chi connectivity index (χ1n) is 9.08. The van der Waals surface area contributed by atoms with Gasteiger partial charge in [0.1, 0.15) is 6.04 Å². The number of halogens is 1. The van der Waals surface area contributed by atoms with Crippen molar-refractivity contribution in [1.82, 2.24) is 0 Å². The molecule has 3 aromatic rings. The Bertz CT molecular complexity index is 954. The molecule has 0 aliphatic carbocycles. The minimum absolute atomic E-state index is 0.318. The summed E-state index contributed by atoms with van der Waals surface area (Å²) in [4.78, 5) is 24.2. The van der Waals surface area contributed by atoms with E-state index in [2.05, 4.69) is 0 Å². The number of amides is 1. The van der Waals surface area contributed by atoms with Crippen LogP contribution in [0.5, 0.6) is 0 Å². The van der Waals surface area contributed by atoms with Gasteiger partial charge in [-0.2, -0.15) is 0 Å². The lowest BCUT2D eigenvalue weighted by Gasteiger charge is -2.36. The molecule has 0 bridgehead atoms. The van der Waals surface area contributed by atoms with Crippen LogP contribution in [-0.2, 0) is 19.9 Å². The predicted octanol–water partition coefficient (Wildman–Crippen LogP) is 3.38. The third-order valence-electron chi connectivity index (χ3n) is 4.59. The summed E-state index contributed by atoms with van der Waals surface area (Å²) in [5.41, 5.74) is 11.7. The van der Waals surface area contributed by atoms with Crippen LogP contribution in [0.1, 0.15) is 23.1 Å². The molecule has 4 N–H and O–H groups in total. The summed E-state index contributed by atoms with van der Waals surface area (Å²) in [5, 5.41) is 0.427. The molecule has 29 heavy (non-hydrogen) atoms. The van der Waals surface area contributed by atoms with Crippen molar-refractivity contribution < 1.29 is 14.3 Å². The number of esters is 1. The third-order valence-corrected chi connectivity index (χ3v) is 4.92. The number of carbonyl (C=O) groups is 2. The average molecular weight is 409 g/mol. The van der Waals surface area contributed by atoms with Crippen molar-refractivity contribution in [3.63, 3.8) is 0 Å². The Hall–Kier alpha value is -3.15. The topological polar surface area (TPSA) is 95.4 Å². The number of rotatable bonds is 7. The average Bonchev–Trinajstić information content (AvgIpc) is 2.73. The van der Waals surface area contributed by atoms with Crippen LogP contribution in [0.25, 0.3) is 0 Å². The van der Waals surface area contributed by atoms with Crippen molar-refractivity contribution in [3.8, 4) is 0 Å². The molecule has 1 atom stereocenters. The maximum absolute atomic E-state index is 12.9. The fourth-order valence-electron chi connectivity index (χ4n) is 3.27. The highest BCUT2D eigenvalue weighted by atomic mass is 35.5. The number of ether oxygens (including phenoxy) is 1. The zero-order valence-corrected chi connectivity index (χ0v) is 16.4. The van der Waals surface area contributed by atoms with Gasteiger partial charge in [0.05, 0.1) is 6.42 Å². The van der Waals surface area contributed by atoms with Gasteiger partial charge < -0.3 is 16.2 Å². The van der Waals surface area contributed by atoms with Crippen LogP contribution in [0.4, 0.5) is 0 Å². The summed E-state index contributed by atoms with van der Waals surface area (Å²) in [5.74, 6) is -1.44. The third kappa shape index (κ3) is 4.31. The summed E-state index contributed by atoms with van der Waals surface area (Å²) in [7, 11) is 0. The lowest BCUT2D eigenvalue weighted by molar-refractivity contribution is -0.156. The molecular formula is C23H21ClN2O3. The number of carbonyl (C=O) groups excluding carboxylic acids is 2. The van der Waals surface area contributed by atoms with Gasteiger partial charge >= 0.3 is 5.97 Å². The molecule has 5 nitrogen and oxygen atoms in total. The van der Waals surface area contributed by atoms with E-state index in [9.17, 15) is 9.59 Å². The second kappa shape index (κ2) is 8.90. The molecule has 0 fully saturated rings. The van der Waals surface area contributed by atoms with Crippen molar-refractivity contribution in [1.29, 1.82) is 0 Å². The smallest absolute Gasteiger partial charge is 0.325 e. The zero-order chi connectivity index (χ0) is 20.9. The molecular weight excluding hydrogens is 388 g/mol. The Morgan fingerprint density at radius 1 is 0.862 bits per heavy atom. The molecule has 0 radical (unpaired) electrons. The standard InChI is InChI=1S/C23H21ClN2O3/c24-19-14-8-7-13-18(19)23(16-9-3-1-4-10-16,17-11-5-2-6-12-17)29-22(28)20(25)15-21(26)27/h1-14,20H,15,25H2,(H2,26,27)/t20-/m0/s1. The first-order valence-corrected chi connectivity index (χ1v) is 9.45. The van der Waals surface area contributed by atoms with E-state index in [1.807, 2.05) is 66.7 Å². The van der Waals surface area contributed by atoms with E-state index in [1.54, 1.807) is 18.2 Å². The summed E-state index contributed by atoms with van der Waals surface area (Å²) >= 11 is 6.56. The van der Waals surface area contributed by atoms with Gasteiger partial charge in [-0.05, 0) is 6.07 Å². The highest BCUT2D eigenvalue weighted by Crippen LogP contribution is 2.43. The van der Waals surface area contributed by atoms with Crippen LogP contribution >= 0.6 is 11.6 Å². The molecule has 3 aromatic carbocycles. The summed E-state index contributed by atoms with van der Waals surface area (Å²) < 4.78 is 6.08. The minimum atomic E-state index is -1.35. The quantitative estimate of drug-likeness (QED) is 0.462. The summed E-state index contributed by atoms with van der Waals surface area (Å²) in [6, 6.07) is 24.5. The molecule has 0 heterocycles. The summed E-state index contributed by atoms with van der Waals surface area (Å²) in [6.07, 6.45) is -0.318. The minimum Gasteiger partial charge on any atom is -0.443 e. The van der Waals surface area contributed by atoms with Gasteiger partial charge in [-0.1, -0.05) is 90.5 Å². The molecule has 0 aliphatic heterocycles. The van der Waals surface area contributed by atoms with E-state index < -0.39 is 23.5 Å². The van der Waals surface area contributed by atoms with Crippen molar-refractivity contribution in [3.05, 3.63) is 107 Å². The molecule has 3 rings (SSSR count). The van der Waals surface area contributed by atoms with E-state index >= 15 is 0 Å². The molecule has 148 valence electrons. The largest absolute Gasteiger partial charge is 0.443 e. The van der Waals surface area contributed by atoms with Gasteiger partial charge in [0, 0.05) is 21.7 Å². The van der Waals surface area contributed by atoms with Gasteiger partial charge in [-0.15, -0.1) is 0 Å². The molecule has 0 aliphatic rings. The first kappa shape index (κ1) is 20.6. The Kier molecular flexibility index (Phi) is 6.32. The number of nitrogens with two attached hydrogens (primary N) is 2. The lowest BCUT2D eigenvalue weighted by atomic mass is 9.80. The van der Waals surface area contributed by atoms with Crippen LogP contribution < -0.4 is 11.5 Å². The van der Waals surface area contributed by atoms with Gasteiger partial charge in [0.2, 0.25) is 5.91 Å². The van der Waals surface area contributed by atoms with E-state index in [4.69, 9.17) is 27.8 Å². The first-order chi connectivity index (χ1) is 13.9. The second-order valence-corrected chi connectivity index (χ2v) is 7.00. The molecule has 6 heteroatoms. The van der Waals surface area contributed by atoms with Crippen LogP contribution in [0, 0.1) is 0 Å². The Labute approximate surface area is 174 Å². The van der Waals surface area contributed by atoms with E-state index in [0.29, 0.717) is 21.7 Å². The van der Waals surface area contributed by atoms with Crippen molar-refractivity contribution in [2.24, 2.45) is 11.5 Å². The maximum atomic E-state index is 12.9. The van der Waals surface area contributed by atoms with Crippen LogP contribution in [0.3, 0.4) is 0 Å². The van der Waals surface area contributed by atoms with Crippen LogP contribution in [-0.4, -0.2) is 17.9 Å². The number of hydrogen-bond donors (Lipinski definition) is 2. The molecule has 0 unspecified atom stereocenters. The highest BCUT2D eigenvalue weighted by molar-refractivity contribution is 6.31. The monoisotopic (exact) mass is 408 g/mol. The lowest BCUT2D eigenvalue weighted by Crippen LogP contribution is -2.43. The van der Waals surface area contributed by atoms with Gasteiger partial charge in [0.15, 0.2) is 5.60 Å². The summed E-state index contributed by atoms with van der Waals surface area (Å²) in [6.45, 7) is 0. The van der Waals surface area contributed by atoms with Crippen molar-refractivity contribution in [2.45, 2.75) is 18.1 Å². The number of primary amides is 1. The SMILES string of the molecule is NC(=O)C[C@H](N)C(=O)OC(c1ccccc1)(c1ccccc1)c1ccccc1Cl. The van der Waals surface area contributed by atoms with Gasteiger partial charge in [-0.25, -0.2) is 0 Å². The normalized spacial score (nSPS) is 12.2. The number of hydrogen-bond acceptors (Lipinski definition) is 4. The Morgan fingerprint density at radius 2 is 1.34 bits per heavy atom. The van der Waals surface area contributed by atoms with Gasteiger partial charge in [0.25, 0.3) is 0 Å². The fraction of sp³-hybridized carbons (Fsp3) is 0.130. The highest BCUT2D eigenvalue weighted by Gasteiger charge is 2.43. The van der Waals surface area contributed by atoms with Crippen molar-refractivity contribution >= 4 is 23.5 Å². The maximum Gasteiger partial charge on any atom is 0.325 e. The predicted molar refractivity (Wildman–Crippen MR) is 112 cm³/mol. The van der Waals surface area contributed by atoms with Crippen LogP contribution in [0.15, 0.2) is 84.9 Å². The van der Waals surface area contributed by atoms with Gasteiger partial charge in [-0.3, -0.25) is 9.59 Å². The van der Waals surface area contributed by atoms with Crippen molar-refractivity contribution in [2.75, 3.05) is 0 Å². The molecule has 1 amide bonds. The zero-order valence-electron chi connectivity index (χ0n) is 15.6. The van der Waals surface area contributed by atoms with E-state index in [0.717, 1.165) is 0 Å². The second-order valence-electron chi connectivity index (χ2n) is 6.59. The molecule has 0 spiro atoms. The molecule has 0 aromatic heterocycles. The van der Waals surface area contributed by atoms with Crippen LogP contribution in [0.2, 0.25) is 5.02 Å². The fourth-order valence-corrected chi connectivity index (χ4v) is 3.54. The Morgan fingerprint density at radius 3 is 1.83 bits per heavy atom. The molecule has 0 saturated heterocycles. The Balaban J connectivity index is 2.25. The number of benzene rings is 3. The van der Waals surface area contributed by atoms with E-state index in [-0.39, 0.29) is 6.42 Å². The molecule has 0 saturated carbocycles.